The highest BCUT2D eigenvalue weighted by Crippen LogP contribution is 2.24. The Labute approximate surface area is 229 Å². The molecule has 4 aromatic rings. The Kier molecular flexibility index (Phi) is 7.63. The summed E-state index contributed by atoms with van der Waals surface area (Å²) < 4.78 is 2.97. The molecule has 0 unspecified atom stereocenters. The number of nitro benzene ring substituents is 1. The van der Waals surface area contributed by atoms with E-state index in [1.165, 1.54) is 34.9 Å². The lowest BCUT2D eigenvalue weighted by molar-refractivity contribution is -0.384. The fraction of sp³-hybridized carbons (Fsp3) is 0.120. The molecule has 0 saturated carbocycles. The van der Waals surface area contributed by atoms with Crippen molar-refractivity contribution < 1.29 is 19.6 Å². The molecule has 10 nitrogen and oxygen atoms in total. The van der Waals surface area contributed by atoms with Crippen LogP contribution in [0.25, 0.3) is 16.6 Å². The van der Waals surface area contributed by atoms with Crippen LogP contribution in [0.2, 0.25) is 10.0 Å². The van der Waals surface area contributed by atoms with Gasteiger partial charge >= 0.3 is 5.97 Å². The Morgan fingerprint density at radius 2 is 1.74 bits per heavy atom. The first-order valence-corrected chi connectivity index (χ1v) is 12.1. The lowest BCUT2D eigenvalue weighted by Gasteiger charge is -2.17. The van der Waals surface area contributed by atoms with E-state index in [0.717, 1.165) is 0 Å². The number of carboxylic acid groups (broad SMARTS) is 1. The van der Waals surface area contributed by atoms with Crippen molar-refractivity contribution in [2.75, 3.05) is 0 Å². The van der Waals surface area contributed by atoms with E-state index in [0.29, 0.717) is 16.8 Å². The molecule has 0 aliphatic carbocycles. The molecule has 4 rings (SSSR count). The van der Waals surface area contributed by atoms with Crippen molar-refractivity contribution in [1.29, 1.82) is 0 Å². The summed E-state index contributed by atoms with van der Waals surface area (Å²) in [5, 5.41) is 23.6. The van der Waals surface area contributed by atoms with Gasteiger partial charge in [0.1, 0.15) is 6.04 Å². The number of nitrogens with one attached hydrogen (secondary N) is 1. The maximum atomic E-state index is 13.3. The van der Waals surface area contributed by atoms with E-state index >= 15 is 0 Å². The minimum atomic E-state index is -1.29. The summed E-state index contributed by atoms with van der Waals surface area (Å²) in [6, 6.07) is 13.5. The number of benzene rings is 3. The second-order valence-corrected chi connectivity index (χ2v) is 9.45. The summed E-state index contributed by atoms with van der Waals surface area (Å²) in [7, 11) is 1.65. The predicted molar refractivity (Wildman–Crippen MR) is 145 cm³/mol. The molecule has 1 atom stereocenters. The lowest BCUT2D eigenvalue weighted by Crippen LogP contribution is -2.42. The number of fused-ring (bicyclic) bond motifs is 1. The predicted octanol–water partition coefficient (Wildman–Crippen LogP) is 4.70. The van der Waals surface area contributed by atoms with E-state index in [9.17, 15) is 29.6 Å². The molecule has 0 aliphatic rings. The minimum Gasteiger partial charge on any atom is -0.480 e. The van der Waals surface area contributed by atoms with Gasteiger partial charge in [-0.25, -0.2) is 4.79 Å². The Morgan fingerprint density at radius 1 is 1.11 bits per heavy atom. The van der Waals surface area contributed by atoms with Crippen LogP contribution < -0.4 is 10.9 Å². The molecule has 0 aliphatic heterocycles. The van der Waals surface area contributed by atoms with Gasteiger partial charge in [0, 0.05) is 25.6 Å². The minimum absolute atomic E-state index is 0.0285. The molecule has 0 bridgehead atoms. The third-order valence-corrected chi connectivity index (χ3v) is 6.98. The lowest BCUT2D eigenvalue weighted by atomic mass is 10.0. The van der Waals surface area contributed by atoms with Gasteiger partial charge in [0.15, 0.2) is 4.77 Å². The van der Waals surface area contributed by atoms with E-state index in [2.05, 4.69) is 5.32 Å². The SMILES string of the molecule is Cn1c(=S)n(-c2ccc(C[C@H](NC(=O)c3c(Cl)cccc3Cl)C(=O)O)cc2)c(=O)c2cc([N+](=O)[O-])ccc21. The first kappa shape index (κ1) is 27.0. The summed E-state index contributed by atoms with van der Waals surface area (Å²) in [6.07, 6.45) is -0.0727. The summed E-state index contributed by atoms with van der Waals surface area (Å²) in [5.41, 5.74) is 0.578. The number of hydrogen-bond acceptors (Lipinski definition) is 6. The topological polar surface area (TPSA) is 136 Å². The molecule has 1 aromatic heterocycles. The molecule has 3 aromatic carbocycles. The molecule has 0 fully saturated rings. The molecule has 1 heterocycles. The van der Waals surface area contributed by atoms with Crippen LogP contribution in [-0.4, -0.2) is 37.1 Å². The van der Waals surface area contributed by atoms with Crippen LogP contribution in [0, 0.1) is 14.9 Å². The number of carboxylic acids is 1. The zero-order chi connectivity index (χ0) is 27.7. The number of amides is 1. The Balaban J connectivity index is 1.65. The third kappa shape index (κ3) is 5.17. The smallest absolute Gasteiger partial charge is 0.326 e. The van der Waals surface area contributed by atoms with Crippen molar-refractivity contribution in [3.63, 3.8) is 0 Å². The van der Waals surface area contributed by atoms with E-state index in [1.54, 1.807) is 41.9 Å². The highest BCUT2D eigenvalue weighted by Gasteiger charge is 2.24. The maximum Gasteiger partial charge on any atom is 0.326 e. The van der Waals surface area contributed by atoms with Gasteiger partial charge in [0.2, 0.25) is 0 Å². The number of hydrogen-bond donors (Lipinski definition) is 2. The van der Waals surface area contributed by atoms with Crippen LogP contribution in [0.15, 0.2) is 65.5 Å². The fourth-order valence-electron chi connectivity index (χ4n) is 3.95. The number of nitrogens with zero attached hydrogens (tertiary/aromatic N) is 3. The Bertz CT molecular complexity index is 1710. The molecule has 1 amide bonds. The van der Waals surface area contributed by atoms with Crippen molar-refractivity contribution in [2.45, 2.75) is 12.5 Å². The molecule has 0 saturated heterocycles. The fourth-order valence-corrected chi connectivity index (χ4v) is 4.81. The van der Waals surface area contributed by atoms with E-state index in [-0.39, 0.29) is 37.9 Å². The molecule has 0 radical (unpaired) electrons. The zero-order valence-electron chi connectivity index (χ0n) is 19.6. The zero-order valence-corrected chi connectivity index (χ0v) is 21.9. The van der Waals surface area contributed by atoms with Gasteiger partial charge < -0.3 is 15.0 Å². The van der Waals surface area contributed by atoms with Gasteiger partial charge in [-0.15, -0.1) is 0 Å². The third-order valence-electron chi connectivity index (χ3n) is 5.89. The molecular weight excluding hydrogens is 555 g/mol. The number of carbonyl (C=O) groups is 2. The molecule has 13 heteroatoms. The standard InChI is InChI=1S/C25H18Cl2N4O6S/c1-29-20-10-9-15(31(36)37)12-16(20)23(33)30(25(29)38)14-7-5-13(6-8-14)11-19(24(34)35)28-22(32)21-17(26)3-2-4-18(21)27/h2-10,12,19H,11H2,1H3,(H,28,32)(H,34,35)/t19-/m0/s1. The first-order valence-electron chi connectivity index (χ1n) is 11.0. The van der Waals surface area contributed by atoms with Gasteiger partial charge in [0.05, 0.1) is 37.1 Å². The Hall–Kier alpha value is -4.06. The summed E-state index contributed by atoms with van der Waals surface area (Å²) in [4.78, 5) is 48.4. The number of halogens is 2. The number of non-ortho nitro benzene ring substituents is 1. The van der Waals surface area contributed by atoms with Crippen LogP contribution in [-0.2, 0) is 18.3 Å². The number of aliphatic carboxylic acids is 1. The monoisotopic (exact) mass is 572 g/mol. The normalized spacial score (nSPS) is 11.8. The van der Waals surface area contributed by atoms with Crippen LogP contribution >= 0.6 is 35.4 Å². The second-order valence-electron chi connectivity index (χ2n) is 8.27. The van der Waals surface area contributed by atoms with E-state index in [1.807, 2.05) is 0 Å². The van der Waals surface area contributed by atoms with Gasteiger partial charge in [-0.3, -0.25) is 24.3 Å². The molecule has 194 valence electrons. The highest BCUT2D eigenvalue weighted by molar-refractivity contribution is 7.71. The van der Waals surface area contributed by atoms with Crippen LogP contribution in [0.3, 0.4) is 0 Å². The molecular formula is C25H18Cl2N4O6S. The quantitative estimate of drug-likeness (QED) is 0.186. The summed E-state index contributed by atoms with van der Waals surface area (Å²) in [5.74, 6) is -2.00. The number of carbonyl (C=O) groups excluding carboxylic acids is 1. The van der Waals surface area contributed by atoms with Gasteiger partial charge in [-0.1, -0.05) is 41.4 Å². The molecule has 38 heavy (non-hydrogen) atoms. The van der Waals surface area contributed by atoms with E-state index in [4.69, 9.17) is 35.4 Å². The van der Waals surface area contributed by atoms with Gasteiger partial charge in [-0.2, -0.15) is 0 Å². The van der Waals surface area contributed by atoms with Crippen LogP contribution in [0.5, 0.6) is 0 Å². The van der Waals surface area contributed by atoms with Crippen LogP contribution in [0.4, 0.5) is 5.69 Å². The highest BCUT2D eigenvalue weighted by atomic mass is 35.5. The Morgan fingerprint density at radius 3 is 2.32 bits per heavy atom. The van der Waals surface area contributed by atoms with E-state index < -0.39 is 28.4 Å². The van der Waals surface area contributed by atoms with Crippen molar-refractivity contribution >= 4 is 63.9 Å². The van der Waals surface area contributed by atoms with Crippen LogP contribution in [0.1, 0.15) is 15.9 Å². The second kappa shape index (κ2) is 10.7. The molecule has 0 spiro atoms. The van der Waals surface area contributed by atoms with Crippen molar-refractivity contribution in [3.05, 3.63) is 107 Å². The average Bonchev–Trinajstić information content (AvgIpc) is 2.87. The molecule has 2 N–H and O–H groups in total. The number of aromatic nitrogens is 2. The summed E-state index contributed by atoms with van der Waals surface area (Å²) in [6.45, 7) is 0. The first-order chi connectivity index (χ1) is 18.0. The number of aryl methyl sites for hydroxylation is 1. The largest absolute Gasteiger partial charge is 0.480 e. The van der Waals surface area contributed by atoms with Crippen molar-refractivity contribution in [1.82, 2.24) is 14.5 Å². The van der Waals surface area contributed by atoms with Crippen molar-refractivity contribution in [2.24, 2.45) is 7.05 Å². The average molecular weight is 573 g/mol. The van der Waals surface area contributed by atoms with Crippen molar-refractivity contribution in [3.8, 4) is 5.69 Å². The van der Waals surface area contributed by atoms with Gasteiger partial charge in [-0.05, 0) is 48.1 Å². The van der Waals surface area contributed by atoms with Gasteiger partial charge in [0.25, 0.3) is 17.2 Å². The number of rotatable bonds is 7. The number of nitro groups is 1. The maximum absolute atomic E-state index is 13.3. The summed E-state index contributed by atoms with van der Waals surface area (Å²) >= 11 is 17.6.